The van der Waals surface area contributed by atoms with Gasteiger partial charge in [0, 0.05) is 19.4 Å². The molecule has 2 aliphatic rings. The standard InChI is InChI=1S/C12H10F9NO4/c13-10(14,15)9(11(16,17)18,12(19,20)21)26-5-3-8(7(24)25)2-1-6(23)22(8)4-5/h5H,1-4H2,(H,24,25)/t5-,8+/m1/s1. The van der Waals surface area contributed by atoms with Gasteiger partial charge in [-0.15, -0.1) is 0 Å². The maximum absolute atomic E-state index is 12.9. The van der Waals surface area contributed by atoms with E-state index in [1.54, 1.807) is 0 Å². The molecule has 0 spiro atoms. The summed E-state index contributed by atoms with van der Waals surface area (Å²) in [7, 11) is 0. The van der Waals surface area contributed by atoms with Gasteiger partial charge in [0.1, 0.15) is 5.54 Å². The Morgan fingerprint density at radius 2 is 1.50 bits per heavy atom. The normalized spacial score (nSPS) is 27.8. The third-order valence-electron chi connectivity index (χ3n) is 4.46. The lowest BCUT2D eigenvalue weighted by Crippen LogP contribution is -2.68. The number of carbonyl (C=O) groups excluding carboxylic acids is 1. The van der Waals surface area contributed by atoms with Crippen molar-refractivity contribution in [3.63, 3.8) is 0 Å². The van der Waals surface area contributed by atoms with Crippen LogP contribution in [-0.2, 0) is 14.3 Å². The molecule has 1 N–H and O–H groups in total. The fourth-order valence-corrected chi connectivity index (χ4v) is 3.28. The molecule has 1 amide bonds. The van der Waals surface area contributed by atoms with E-state index in [-0.39, 0.29) is 6.42 Å². The summed E-state index contributed by atoms with van der Waals surface area (Å²) in [4.78, 5) is 23.4. The van der Waals surface area contributed by atoms with Gasteiger partial charge in [-0.25, -0.2) is 4.79 Å². The van der Waals surface area contributed by atoms with Crippen LogP contribution in [0.4, 0.5) is 39.5 Å². The van der Waals surface area contributed by atoms with Gasteiger partial charge < -0.3 is 14.7 Å². The van der Waals surface area contributed by atoms with Crippen molar-refractivity contribution >= 4 is 11.9 Å². The van der Waals surface area contributed by atoms with Crippen LogP contribution in [-0.4, -0.2) is 64.2 Å². The summed E-state index contributed by atoms with van der Waals surface area (Å²) in [6, 6.07) is 0. The van der Waals surface area contributed by atoms with Gasteiger partial charge in [0.05, 0.1) is 6.10 Å². The van der Waals surface area contributed by atoms with Crippen LogP contribution in [0.25, 0.3) is 0 Å². The molecule has 0 aromatic heterocycles. The highest BCUT2D eigenvalue weighted by Crippen LogP contribution is 2.56. The summed E-state index contributed by atoms with van der Waals surface area (Å²) in [6.07, 6.45) is -25.1. The Kier molecular flexibility index (Phi) is 4.46. The molecular weight excluding hydrogens is 393 g/mol. The number of amides is 1. The highest BCUT2D eigenvalue weighted by atomic mass is 19.4. The molecule has 26 heavy (non-hydrogen) atoms. The summed E-state index contributed by atoms with van der Waals surface area (Å²) in [5.74, 6) is -2.65. The first-order chi connectivity index (χ1) is 11.5. The van der Waals surface area contributed by atoms with Crippen molar-refractivity contribution in [2.24, 2.45) is 0 Å². The van der Waals surface area contributed by atoms with Crippen LogP contribution < -0.4 is 0 Å². The van der Waals surface area contributed by atoms with E-state index in [4.69, 9.17) is 0 Å². The second-order valence-corrected chi connectivity index (χ2v) is 5.96. The van der Waals surface area contributed by atoms with E-state index >= 15 is 0 Å². The van der Waals surface area contributed by atoms with Gasteiger partial charge in [-0.1, -0.05) is 0 Å². The van der Waals surface area contributed by atoms with Gasteiger partial charge in [-0.3, -0.25) is 4.79 Å². The predicted octanol–water partition coefficient (Wildman–Crippen LogP) is 2.65. The van der Waals surface area contributed by atoms with Crippen LogP contribution in [0.3, 0.4) is 0 Å². The van der Waals surface area contributed by atoms with Gasteiger partial charge in [0.15, 0.2) is 0 Å². The Morgan fingerprint density at radius 3 is 1.85 bits per heavy atom. The van der Waals surface area contributed by atoms with Crippen molar-refractivity contribution in [2.45, 2.75) is 55.0 Å². The molecule has 2 saturated heterocycles. The van der Waals surface area contributed by atoms with Crippen LogP contribution in [0.5, 0.6) is 0 Å². The minimum Gasteiger partial charge on any atom is -0.479 e. The Balaban J connectivity index is 2.46. The smallest absolute Gasteiger partial charge is 0.435 e. The first-order valence-corrected chi connectivity index (χ1v) is 6.91. The molecule has 0 aromatic rings. The molecule has 150 valence electrons. The highest BCUT2D eigenvalue weighted by Gasteiger charge is 2.86. The number of carboxylic acid groups (broad SMARTS) is 1. The van der Waals surface area contributed by atoms with Crippen molar-refractivity contribution in [2.75, 3.05) is 6.54 Å². The highest BCUT2D eigenvalue weighted by molar-refractivity contribution is 5.91. The fourth-order valence-electron chi connectivity index (χ4n) is 3.28. The van der Waals surface area contributed by atoms with E-state index in [1.165, 1.54) is 0 Å². The van der Waals surface area contributed by atoms with Crippen LogP contribution in [0.1, 0.15) is 19.3 Å². The van der Waals surface area contributed by atoms with Gasteiger partial charge >= 0.3 is 30.1 Å². The molecule has 0 aliphatic carbocycles. The minimum absolute atomic E-state index is 0.345. The van der Waals surface area contributed by atoms with E-state index in [9.17, 15) is 54.2 Å². The molecular formula is C12H10F9NO4. The van der Waals surface area contributed by atoms with Crippen molar-refractivity contribution < 1.29 is 58.9 Å². The molecule has 0 saturated carbocycles. The number of hydrogen-bond acceptors (Lipinski definition) is 3. The number of hydrogen-bond donors (Lipinski definition) is 1. The number of rotatable bonds is 3. The maximum Gasteiger partial charge on any atom is 0.435 e. The zero-order chi connectivity index (χ0) is 20.3. The van der Waals surface area contributed by atoms with E-state index in [0.717, 1.165) is 0 Å². The number of carboxylic acids is 1. The summed E-state index contributed by atoms with van der Waals surface area (Å²) in [6.45, 7) is -1.13. The molecule has 0 radical (unpaired) electrons. The SMILES string of the molecule is O=C1CC[C@@]2(C(=O)O)C[C@@H](OC(C(F)(F)F)(C(F)(F)F)C(F)(F)F)CN12. The van der Waals surface area contributed by atoms with Crippen molar-refractivity contribution in [3.05, 3.63) is 0 Å². The van der Waals surface area contributed by atoms with Crippen molar-refractivity contribution in [1.29, 1.82) is 0 Å². The number of ether oxygens (including phenoxy) is 1. The van der Waals surface area contributed by atoms with E-state index in [1.807, 2.05) is 0 Å². The number of carbonyl (C=O) groups is 2. The van der Waals surface area contributed by atoms with Crippen LogP contribution in [0, 0.1) is 0 Å². The Morgan fingerprint density at radius 1 is 1.04 bits per heavy atom. The fraction of sp³-hybridized carbons (Fsp3) is 0.833. The molecule has 2 aliphatic heterocycles. The summed E-state index contributed by atoms with van der Waals surface area (Å²) >= 11 is 0. The third kappa shape index (κ3) is 2.68. The molecule has 0 aromatic carbocycles. The second-order valence-electron chi connectivity index (χ2n) is 5.96. The van der Waals surface area contributed by atoms with E-state index in [0.29, 0.717) is 4.90 Å². The monoisotopic (exact) mass is 403 g/mol. The average molecular weight is 403 g/mol. The van der Waals surface area contributed by atoms with Gasteiger partial charge in [0.25, 0.3) is 0 Å². The topological polar surface area (TPSA) is 66.8 Å². The van der Waals surface area contributed by atoms with Crippen LogP contribution in [0.2, 0.25) is 0 Å². The predicted molar refractivity (Wildman–Crippen MR) is 61.7 cm³/mol. The third-order valence-corrected chi connectivity index (χ3v) is 4.46. The molecule has 5 nitrogen and oxygen atoms in total. The van der Waals surface area contributed by atoms with E-state index < -0.39 is 67.0 Å². The summed E-state index contributed by atoms with van der Waals surface area (Å²) in [5, 5.41) is 9.17. The summed E-state index contributed by atoms with van der Waals surface area (Å²) < 4.78 is 119. The van der Waals surface area contributed by atoms with Crippen LogP contribution in [0.15, 0.2) is 0 Å². The van der Waals surface area contributed by atoms with Crippen LogP contribution >= 0.6 is 0 Å². The molecule has 2 rings (SSSR count). The lowest BCUT2D eigenvalue weighted by Gasteiger charge is -2.39. The Hall–Kier alpha value is -1.73. The molecule has 2 fully saturated rings. The molecule has 0 unspecified atom stereocenters. The first kappa shape index (κ1) is 20.6. The molecule has 2 heterocycles. The zero-order valence-corrected chi connectivity index (χ0v) is 12.4. The number of halogens is 9. The van der Waals surface area contributed by atoms with Crippen molar-refractivity contribution in [3.8, 4) is 0 Å². The van der Waals surface area contributed by atoms with E-state index in [2.05, 4.69) is 4.74 Å². The largest absolute Gasteiger partial charge is 0.479 e. The van der Waals surface area contributed by atoms with Crippen molar-refractivity contribution in [1.82, 2.24) is 4.90 Å². The van der Waals surface area contributed by atoms with Gasteiger partial charge in [0.2, 0.25) is 5.91 Å². The number of aliphatic carboxylic acids is 1. The Bertz CT molecular complexity index is 575. The van der Waals surface area contributed by atoms with Gasteiger partial charge in [-0.2, -0.15) is 39.5 Å². The Labute approximate surface area is 138 Å². The maximum atomic E-state index is 12.9. The lowest BCUT2D eigenvalue weighted by atomic mass is 9.93. The summed E-state index contributed by atoms with van der Waals surface area (Å²) in [5.41, 5.74) is -8.68. The molecule has 0 bridgehead atoms. The lowest BCUT2D eigenvalue weighted by molar-refractivity contribution is -0.463. The average Bonchev–Trinajstić information content (AvgIpc) is 2.90. The van der Waals surface area contributed by atoms with Gasteiger partial charge in [-0.05, 0) is 6.42 Å². The number of nitrogens with zero attached hydrogens (tertiary/aromatic N) is 1. The quantitative estimate of drug-likeness (QED) is 0.736. The minimum atomic E-state index is -6.92. The zero-order valence-electron chi connectivity index (χ0n) is 12.4. The molecule has 2 atom stereocenters. The number of alkyl halides is 9. The number of fused-ring (bicyclic) bond motifs is 1. The molecule has 14 heteroatoms. The second kappa shape index (κ2) is 5.63. The first-order valence-electron chi connectivity index (χ1n) is 6.91.